The van der Waals surface area contributed by atoms with Crippen LogP contribution in [0.1, 0.15) is 51.2 Å². The van der Waals surface area contributed by atoms with Crippen LogP contribution in [0.5, 0.6) is 0 Å². The van der Waals surface area contributed by atoms with Crippen LogP contribution in [0.2, 0.25) is 0 Å². The molecule has 3 heterocycles. The number of nitrogens with one attached hydrogen (secondary N) is 1. The molecule has 0 bridgehead atoms. The molecule has 2 atom stereocenters. The molecule has 1 N–H and O–H groups in total. The quantitative estimate of drug-likeness (QED) is 0.553. The molecule has 30 heavy (non-hydrogen) atoms. The Bertz CT molecular complexity index is 920. The largest absolute Gasteiger partial charge is 0.444 e. The van der Waals surface area contributed by atoms with Gasteiger partial charge in [-0.05, 0) is 74.7 Å². The van der Waals surface area contributed by atoms with E-state index in [1.807, 2.05) is 11.9 Å². The van der Waals surface area contributed by atoms with E-state index in [1.54, 1.807) is 12.3 Å². The predicted octanol–water partition coefficient (Wildman–Crippen LogP) is 5.25. The van der Waals surface area contributed by atoms with Crippen LogP contribution in [0.25, 0.3) is 11.0 Å². The van der Waals surface area contributed by atoms with Gasteiger partial charge in [0.1, 0.15) is 11.9 Å². The highest BCUT2D eigenvalue weighted by atomic mass is 79.9. The highest BCUT2D eigenvalue weighted by Crippen LogP contribution is 2.36. The van der Waals surface area contributed by atoms with Crippen LogP contribution in [0.15, 0.2) is 21.2 Å². The summed E-state index contributed by atoms with van der Waals surface area (Å²) in [7, 11) is 2.20. The molecule has 162 valence electrons. The highest BCUT2D eigenvalue weighted by Gasteiger charge is 2.37. The summed E-state index contributed by atoms with van der Waals surface area (Å²) in [5.41, 5.74) is 0.636. The van der Waals surface area contributed by atoms with Gasteiger partial charge in [0.25, 0.3) is 0 Å². The zero-order valence-electron chi connectivity index (χ0n) is 17.9. The molecule has 0 spiro atoms. The summed E-state index contributed by atoms with van der Waals surface area (Å²) in [6.07, 6.45) is 11.3. The Morgan fingerprint density at radius 2 is 2.10 bits per heavy atom. The summed E-state index contributed by atoms with van der Waals surface area (Å²) in [5, 5.41) is 13.6. The molecule has 2 aliphatic rings. The van der Waals surface area contributed by atoms with E-state index in [2.05, 4.69) is 61.7 Å². The lowest BCUT2D eigenvalue weighted by molar-refractivity contribution is 0.0961. The first-order chi connectivity index (χ1) is 14.5. The van der Waals surface area contributed by atoms with Crippen molar-refractivity contribution in [2.75, 3.05) is 25.2 Å². The molecule has 6 nitrogen and oxygen atoms in total. The predicted molar refractivity (Wildman–Crippen MR) is 127 cm³/mol. The Hall–Kier alpha value is -1.27. The Kier molecular flexibility index (Phi) is 6.93. The topological polar surface area (TPSA) is 68.3 Å². The number of rotatable bonds is 6. The maximum absolute atomic E-state index is 9.07. The summed E-state index contributed by atoms with van der Waals surface area (Å²) < 4.78 is 8.72. The molecular weight excluding hydrogens is 462 g/mol. The number of aromatic nitrogens is 1. The van der Waals surface area contributed by atoms with E-state index in [4.69, 9.17) is 9.68 Å². The molecule has 2 fully saturated rings. The zero-order valence-corrected chi connectivity index (χ0v) is 20.3. The van der Waals surface area contributed by atoms with E-state index in [-0.39, 0.29) is 0 Å². The van der Waals surface area contributed by atoms with Crippen molar-refractivity contribution in [2.24, 2.45) is 0 Å². The van der Waals surface area contributed by atoms with Gasteiger partial charge in [0.15, 0.2) is 5.58 Å². The number of fused-ring (bicyclic) bond motifs is 1. The van der Waals surface area contributed by atoms with Gasteiger partial charge in [0, 0.05) is 42.2 Å². The van der Waals surface area contributed by atoms with Gasteiger partial charge in [0.2, 0.25) is 5.76 Å². The van der Waals surface area contributed by atoms with Crippen molar-refractivity contribution in [2.45, 2.75) is 69.6 Å². The summed E-state index contributed by atoms with van der Waals surface area (Å²) in [4.78, 5) is 7.35. The lowest BCUT2D eigenvalue weighted by Crippen LogP contribution is -2.48. The number of likely N-dealkylation sites (N-methyl/N-ethyl adjacent to an activating group) is 1. The average molecular weight is 492 g/mol. The fourth-order valence-electron chi connectivity index (χ4n) is 5.15. The summed E-state index contributed by atoms with van der Waals surface area (Å²) in [6, 6.07) is 6.30. The number of furan rings is 1. The minimum Gasteiger partial charge on any atom is -0.444 e. The molecule has 2 aromatic rings. The van der Waals surface area contributed by atoms with Crippen LogP contribution in [-0.2, 0) is 0 Å². The van der Waals surface area contributed by atoms with Crippen molar-refractivity contribution in [3.63, 3.8) is 0 Å². The number of halogens is 1. The third-order valence-electron chi connectivity index (χ3n) is 6.71. The first-order valence-corrected chi connectivity index (χ1v) is 12.7. The summed E-state index contributed by atoms with van der Waals surface area (Å²) >= 11 is 5.48. The molecule has 2 unspecified atom stereocenters. The maximum atomic E-state index is 9.07. The van der Waals surface area contributed by atoms with Gasteiger partial charge >= 0.3 is 0 Å². The van der Waals surface area contributed by atoms with Gasteiger partial charge in [-0.2, -0.15) is 5.26 Å². The first kappa shape index (κ1) is 21.9. The SMILES string of the molecule is CSN(C)CC1CCC(C)N1C1CCC(Nc2ncc3oc(C#N)cc3c2Br)CC1. The fraction of sp³-hybridized carbons (Fsp3) is 0.636. The van der Waals surface area contributed by atoms with Gasteiger partial charge in [-0.25, -0.2) is 4.98 Å². The average Bonchev–Trinajstić information content (AvgIpc) is 3.34. The van der Waals surface area contributed by atoms with Crippen molar-refractivity contribution in [3.05, 3.63) is 22.5 Å². The van der Waals surface area contributed by atoms with Gasteiger partial charge in [-0.1, -0.05) is 11.9 Å². The molecule has 1 aliphatic carbocycles. The van der Waals surface area contributed by atoms with E-state index in [0.29, 0.717) is 35.5 Å². The number of nitriles is 1. The third-order valence-corrected chi connectivity index (χ3v) is 8.29. The third kappa shape index (κ3) is 4.50. The number of hydrogen-bond donors (Lipinski definition) is 1. The number of hydrogen-bond acceptors (Lipinski definition) is 7. The van der Waals surface area contributed by atoms with E-state index in [1.165, 1.54) is 25.7 Å². The molecule has 0 aromatic carbocycles. The number of anilines is 1. The van der Waals surface area contributed by atoms with Crippen LogP contribution in [0.4, 0.5) is 5.82 Å². The smallest absolute Gasteiger partial charge is 0.204 e. The minimum atomic E-state index is 0.312. The second kappa shape index (κ2) is 9.47. The van der Waals surface area contributed by atoms with Crippen LogP contribution < -0.4 is 5.32 Å². The van der Waals surface area contributed by atoms with E-state index < -0.39 is 0 Å². The molecule has 1 saturated carbocycles. The van der Waals surface area contributed by atoms with Crippen molar-refractivity contribution < 1.29 is 4.42 Å². The second-order valence-corrected chi connectivity index (χ2v) is 10.4. The van der Waals surface area contributed by atoms with Crippen molar-refractivity contribution in [1.29, 1.82) is 5.26 Å². The molecular formula is C22H30BrN5OS. The molecule has 1 aliphatic heterocycles. The number of likely N-dealkylation sites (tertiary alicyclic amines) is 1. The van der Waals surface area contributed by atoms with Crippen LogP contribution >= 0.6 is 27.9 Å². The van der Waals surface area contributed by atoms with E-state index in [0.717, 1.165) is 35.1 Å². The van der Waals surface area contributed by atoms with Crippen LogP contribution in [-0.4, -0.2) is 58.2 Å². The zero-order chi connectivity index (χ0) is 21.3. The lowest BCUT2D eigenvalue weighted by atomic mass is 9.89. The Morgan fingerprint density at radius 3 is 2.80 bits per heavy atom. The van der Waals surface area contributed by atoms with Gasteiger partial charge in [-0.3, -0.25) is 9.21 Å². The Morgan fingerprint density at radius 1 is 1.33 bits per heavy atom. The van der Waals surface area contributed by atoms with Crippen LogP contribution in [0, 0.1) is 11.3 Å². The van der Waals surface area contributed by atoms with Gasteiger partial charge in [0.05, 0.1) is 10.7 Å². The first-order valence-electron chi connectivity index (χ1n) is 10.8. The standard InChI is InChI=1S/C22H30BrN5OS/c1-14-4-7-17(13-27(2)30-3)28(14)16-8-5-15(6-9-16)26-22-21(23)19-10-18(11-24)29-20(19)12-25-22/h10,12,14-17H,4-9,13H2,1-3H3,(H,25,26). The molecule has 4 rings (SSSR count). The van der Waals surface area contributed by atoms with E-state index >= 15 is 0 Å². The number of pyridine rings is 1. The molecule has 0 amide bonds. The summed E-state index contributed by atoms with van der Waals surface area (Å²) in [6.45, 7) is 3.55. The second-order valence-electron chi connectivity index (χ2n) is 8.59. The van der Waals surface area contributed by atoms with Gasteiger partial charge < -0.3 is 9.73 Å². The minimum absolute atomic E-state index is 0.312. The molecule has 2 aromatic heterocycles. The fourth-order valence-corrected chi connectivity index (χ4v) is 6.00. The number of nitrogens with zero attached hydrogens (tertiary/aromatic N) is 4. The van der Waals surface area contributed by atoms with Crippen molar-refractivity contribution in [1.82, 2.24) is 14.2 Å². The monoisotopic (exact) mass is 491 g/mol. The van der Waals surface area contributed by atoms with E-state index in [9.17, 15) is 0 Å². The molecule has 8 heteroatoms. The Labute approximate surface area is 191 Å². The lowest BCUT2D eigenvalue weighted by Gasteiger charge is -2.41. The van der Waals surface area contributed by atoms with Crippen molar-refractivity contribution in [3.8, 4) is 6.07 Å². The van der Waals surface area contributed by atoms with Crippen LogP contribution in [0.3, 0.4) is 0 Å². The van der Waals surface area contributed by atoms with Crippen molar-refractivity contribution >= 4 is 44.7 Å². The maximum Gasteiger partial charge on any atom is 0.204 e. The molecule has 0 radical (unpaired) electrons. The summed E-state index contributed by atoms with van der Waals surface area (Å²) in [5.74, 6) is 1.15. The molecule has 1 saturated heterocycles. The van der Waals surface area contributed by atoms with Gasteiger partial charge in [-0.15, -0.1) is 0 Å². The highest BCUT2D eigenvalue weighted by molar-refractivity contribution is 9.10. The Balaban J connectivity index is 1.38. The normalized spacial score (nSPS) is 27.6.